The fourth-order valence-corrected chi connectivity index (χ4v) is 3.38. The van der Waals surface area contributed by atoms with Crippen molar-refractivity contribution in [1.29, 1.82) is 0 Å². The van der Waals surface area contributed by atoms with Gasteiger partial charge >= 0.3 is 0 Å². The van der Waals surface area contributed by atoms with Crippen molar-refractivity contribution in [2.24, 2.45) is 0 Å². The minimum atomic E-state index is -0.315. The molecule has 0 spiro atoms. The summed E-state index contributed by atoms with van der Waals surface area (Å²) in [6, 6.07) is 10.6. The molecule has 1 amide bonds. The molecule has 0 aliphatic heterocycles. The fourth-order valence-electron chi connectivity index (χ4n) is 2.32. The molecule has 2 aliphatic rings. The first-order valence-corrected chi connectivity index (χ1v) is 8.49. The second-order valence-corrected chi connectivity index (χ2v) is 6.90. The van der Waals surface area contributed by atoms with Crippen LogP contribution in [0.3, 0.4) is 0 Å². The lowest BCUT2D eigenvalue weighted by atomic mass is 10.1. The van der Waals surface area contributed by atoms with Gasteiger partial charge in [0, 0.05) is 6.04 Å². The van der Waals surface area contributed by atoms with Crippen LogP contribution in [0.15, 0.2) is 35.5 Å². The summed E-state index contributed by atoms with van der Waals surface area (Å²) >= 11 is 1.44. The van der Waals surface area contributed by atoms with Crippen LogP contribution >= 0.6 is 11.8 Å². The number of tetrazole rings is 1. The van der Waals surface area contributed by atoms with E-state index in [2.05, 4.69) is 20.8 Å². The number of benzene rings is 1. The molecule has 1 N–H and O–H groups in total. The zero-order valence-corrected chi connectivity index (χ0v) is 12.9. The standard InChI is InChI=1S/C15H17N5OS/c21-14(16-11-6-7-11)13(10-4-2-1-3-5-10)22-15-17-18-19-20(15)12-8-9-12/h1-5,11-13H,6-9H2,(H,16,21). The monoisotopic (exact) mass is 315 g/mol. The molecule has 6 nitrogen and oxygen atoms in total. The third-order valence-electron chi connectivity index (χ3n) is 3.84. The first-order chi connectivity index (χ1) is 10.8. The quantitative estimate of drug-likeness (QED) is 0.827. The van der Waals surface area contributed by atoms with Crippen molar-refractivity contribution in [2.75, 3.05) is 0 Å². The molecule has 1 aromatic heterocycles. The van der Waals surface area contributed by atoms with Crippen molar-refractivity contribution < 1.29 is 4.79 Å². The molecule has 0 bridgehead atoms. The molecule has 2 aromatic rings. The molecule has 2 fully saturated rings. The zero-order valence-electron chi connectivity index (χ0n) is 12.1. The summed E-state index contributed by atoms with van der Waals surface area (Å²) in [6.45, 7) is 0. The van der Waals surface area contributed by atoms with E-state index in [1.165, 1.54) is 11.8 Å². The number of hydrogen-bond acceptors (Lipinski definition) is 5. The molecular weight excluding hydrogens is 298 g/mol. The number of hydrogen-bond donors (Lipinski definition) is 1. The van der Waals surface area contributed by atoms with Gasteiger partial charge in [0.15, 0.2) is 0 Å². The van der Waals surface area contributed by atoms with Crippen LogP contribution in [0.25, 0.3) is 0 Å². The number of nitrogens with one attached hydrogen (secondary N) is 1. The Kier molecular flexibility index (Phi) is 3.57. The van der Waals surface area contributed by atoms with Crippen LogP contribution in [-0.4, -0.2) is 32.2 Å². The Balaban J connectivity index is 1.58. The summed E-state index contributed by atoms with van der Waals surface area (Å²) in [6.07, 6.45) is 4.39. The lowest BCUT2D eigenvalue weighted by molar-refractivity contribution is -0.120. The molecule has 1 atom stereocenters. The van der Waals surface area contributed by atoms with E-state index in [4.69, 9.17) is 0 Å². The molecule has 1 heterocycles. The number of nitrogens with zero attached hydrogens (tertiary/aromatic N) is 4. The Morgan fingerprint density at radius 3 is 2.68 bits per heavy atom. The van der Waals surface area contributed by atoms with Gasteiger partial charge < -0.3 is 5.32 Å². The summed E-state index contributed by atoms with van der Waals surface area (Å²) in [4.78, 5) is 12.6. The third kappa shape index (κ3) is 2.99. The van der Waals surface area contributed by atoms with Crippen molar-refractivity contribution in [3.05, 3.63) is 35.9 Å². The van der Waals surface area contributed by atoms with Gasteiger partial charge in [0.05, 0.1) is 6.04 Å². The molecule has 2 aliphatic carbocycles. The van der Waals surface area contributed by atoms with Crippen molar-refractivity contribution in [1.82, 2.24) is 25.5 Å². The van der Waals surface area contributed by atoms with E-state index < -0.39 is 0 Å². The highest BCUT2D eigenvalue weighted by Crippen LogP contribution is 2.40. The maximum absolute atomic E-state index is 12.6. The molecular formula is C15H17N5OS. The molecule has 1 unspecified atom stereocenters. The molecule has 7 heteroatoms. The van der Waals surface area contributed by atoms with Crippen molar-refractivity contribution >= 4 is 17.7 Å². The van der Waals surface area contributed by atoms with Gasteiger partial charge in [0.25, 0.3) is 0 Å². The van der Waals surface area contributed by atoms with Crippen LogP contribution in [0.1, 0.15) is 42.5 Å². The van der Waals surface area contributed by atoms with Gasteiger partial charge in [-0.3, -0.25) is 4.79 Å². The van der Waals surface area contributed by atoms with E-state index in [0.717, 1.165) is 36.4 Å². The number of carbonyl (C=O) groups is 1. The second kappa shape index (κ2) is 5.72. The van der Waals surface area contributed by atoms with Crippen molar-refractivity contribution in [3.8, 4) is 0 Å². The second-order valence-electron chi connectivity index (χ2n) is 5.83. The first kappa shape index (κ1) is 13.8. The van der Waals surface area contributed by atoms with E-state index in [1.807, 2.05) is 35.0 Å². The first-order valence-electron chi connectivity index (χ1n) is 7.61. The van der Waals surface area contributed by atoms with Gasteiger partial charge in [-0.05, 0) is 41.7 Å². The Hall–Kier alpha value is -1.89. The average molecular weight is 315 g/mol. The van der Waals surface area contributed by atoms with Gasteiger partial charge in [0.2, 0.25) is 11.1 Å². The molecule has 4 rings (SSSR count). The van der Waals surface area contributed by atoms with E-state index in [0.29, 0.717) is 12.1 Å². The van der Waals surface area contributed by atoms with Gasteiger partial charge in [-0.25, -0.2) is 4.68 Å². The van der Waals surface area contributed by atoms with Crippen LogP contribution < -0.4 is 5.32 Å². The Bertz CT molecular complexity index is 666. The minimum absolute atomic E-state index is 0.0454. The third-order valence-corrected chi connectivity index (χ3v) is 5.04. The smallest absolute Gasteiger partial charge is 0.238 e. The number of amides is 1. The molecule has 0 saturated heterocycles. The van der Waals surface area contributed by atoms with Gasteiger partial charge in [-0.15, -0.1) is 5.10 Å². The fraction of sp³-hybridized carbons (Fsp3) is 0.467. The van der Waals surface area contributed by atoms with Gasteiger partial charge in [0.1, 0.15) is 5.25 Å². The Morgan fingerprint density at radius 2 is 2.00 bits per heavy atom. The van der Waals surface area contributed by atoms with Crippen LogP contribution in [0.5, 0.6) is 0 Å². The molecule has 1 aromatic carbocycles. The lowest BCUT2D eigenvalue weighted by Gasteiger charge is -2.16. The van der Waals surface area contributed by atoms with Gasteiger partial charge in [-0.2, -0.15) is 0 Å². The van der Waals surface area contributed by atoms with E-state index >= 15 is 0 Å². The number of carbonyl (C=O) groups excluding carboxylic acids is 1. The van der Waals surface area contributed by atoms with Crippen molar-refractivity contribution in [2.45, 2.75) is 48.2 Å². The van der Waals surface area contributed by atoms with Crippen LogP contribution in [0.4, 0.5) is 0 Å². The van der Waals surface area contributed by atoms with E-state index in [9.17, 15) is 4.79 Å². The van der Waals surface area contributed by atoms with Crippen LogP contribution in [-0.2, 0) is 4.79 Å². The van der Waals surface area contributed by atoms with Crippen LogP contribution in [0.2, 0.25) is 0 Å². The maximum atomic E-state index is 12.6. The maximum Gasteiger partial charge on any atom is 0.238 e. The van der Waals surface area contributed by atoms with E-state index in [1.54, 1.807) is 0 Å². The number of aromatic nitrogens is 4. The van der Waals surface area contributed by atoms with E-state index in [-0.39, 0.29) is 11.2 Å². The number of thioether (sulfide) groups is 1. The zero-order chi connectivity index (χ0) is 14.9. The predicted octanol–water partition coefficient (Wildman–Crippen LogP) is 2.12. The highest BCUT2D eigenvalue weighted by atomic mass is 32.2. The minimum Gasteiger partial charge on any atom is -0.352 e. The molecule has 2 saturated carbocycles. The van der Waals surface area contributed by atoms with Crippen LogP contribution in [0, 0.1) is 0 Å². The normalized spacial score (nSPS) is 18.9. The highest BCUT2D eigenvalue weighted by molar-refractivity contribution is 8.00. The van der Waals surface area contributed by atoms with Gasteiger partial charge in [-0.1, -0.05) is 42.1 Å². The largest absolute Gasteiger partial charge is 0.352 e. The molecule has 114 valence electrons. The SMILES string of the molecule is O=C(NC1CC1)C(Sc1nnnn1C1CC1)c1ccccc1. The Labute approximate surface area is 132 Å². The summed E-state index contributed by atoms with van der Waals surface area (Å²) < 4.78 is 1.85. The number of rotatable bonds is 6. The molecule has 0 radical (unpaired) electrons. The topological polar surface area (TPSA) is 72.7 Å². The van der Waals surface area contributed by atoms with Crippen molar-refractivity contribution in [3.63, 3.8) is 0 Å². The lowest BCUT2D eigenvalue weighted by Crippen LogP contribution is -2.30. The average Bonchev–Trinajstić information content (AvgIpc) is 3.47. The summed E-state index contributed by atoms with van der Waals surface area (Å²) in [5, 5.41) is 15.4. The summed E-state index contributed by atoms with van der Waals surface area (Å²) in [5.41, 5.74) is 0.982. The summed E-state index contributed by atoms with van der Waals surface area (Å²) in [7, 11) is 0. The highest BCUT2D eigenvalue weighted by Gasteiger charge is 2.33. The summed E-state index contributed by atoms with van der Waals surface area (Å²) in [5.74, 6) is 0.0454. The molecule has 22 heavy (non-hydrogen) atoms. The predicted molar refractivity (Wildman–Crippen MR) is 82.3 cm³/mol. The Morgan fingerprint density at radius 1 is 1.23 bits per heavy atom.